The highest BCUT2D eigenvalue weighted by Crippen LogP contribution is 2.38. The number of nitrogens with zero attached hydrogens (tertiary/aromatic N) is 3. The highest BCUT2D eigenvalue weighted by Gasteiger charge is 2.31. The molecule has 1 aromatic heterocycles. The molecule has 2 heterocycles. The molecule has 1 aliphatic rings. The lowest BCUT2D eigenvalue weighted by Gasteiger charge is -2.24. The molecule has 4 nitrogen and oxygen atoms in total. The average Bonchev–Trinajstić information content (AvgIpc) is 3.17. The zero-order chi connectivity index (χ0) is 19.7. The molecule has 3 aromatic rings. The fraction of sp³-hybridized carbons (Fsp3) is 0.227. The number of rotatable bonds is 2. The zero-order valence-corrected chi connectivity index (χ0v) is 15.2. The maximum atomic E-state index is 14.4. The number of likely N-dealkylation sites (tertiary alicyclic amines) is 1. The van der Waals surface area contributed by atoms with E-state index in [-0.39, 0.29) is 17.5 Å². The highest BCUT2D eigenvalue weighted by atomic mass is 19.1. The van der Waals surface area contributed by atoms with Gasteiger partial charge in [0.15, 0.2) is 0 Å². The summed E-state index contributed by atoms with van der Waals surface area (Å²) in [6.07, 6.45) is 4.61. The van der Waals surface area contributed by atoms with E-state index in [9.17, 15) is 13.6 Å². The molecule has 1 fully saturated rings. The molecule has 28 heavy (non-hydrogen) atoms. The topological polar surface area (TPSA) is 46.1 Å². The Morgan fingerprint density at radius 3 is 2.79 bits per heavy atom. The minimum absolute atomic E-state index is 0.0984. The van der Waals surface area contributed by atoms with Crippen LogP contribution in [0.5, 0.6) is 0 Å². The van der Waals surface area contributed by atoms with E-state index < -0.39 is 11.6 Å². The van der Waals surface area contributed by atoms with Crippen LogP contribution in [0.3, 0.4) is 0 Å². The summed E-state index contributed by atoms with van der Waals surface area (Å²) in [4.78, 5) is 22.5. The minimum Gasteiger partial charge on any atom is -0.325 e. The van der Waals surface area contributed by atoms with Gasteiger partial charge in [0.2, 0.25) is 0 Å². The predicted octanol–water partition coefficient (Wildman–Crippen LogP) is 4.26. The van der Waals surface area contributed by atoms with Gasteiger partial charge in [-0.25, -0.2) is 18.7 Å². The average molecular weight is 377 g/mol. The lowest BCUT2D eigenvalue weighted by molar-refractivity contribution is -0.125. The van der Waals surface area contributed by atoms with Crippen LogP contribution in [0.25, 0.3) is 22.0 Å². The van der Waals surface area contributed by atoms with Gasteiger partial charge in [0.05, 0.1) is 17.1 Å². The molecule has 4 rings (SSSR count). The van der Waals surface area contributed by atoms with Crippen molar-refractivity contribution in [3.8, 4) is 23.0 Å². The second-order valence-corrected chi connectivity index (χ2v) is 6.65. The Hall–Kier alpha value is -3.33. The van der Waals surface area contributed by atoms with Crippen LogP contribution < -0.4 is 0 Å². The predicted molar refractivity (Wildman–Crippen MR) is 102 cm³/mol. The second kappa shape index (κ2) is 7.35. The molecule has 2 aromatic carbocycles. The van der Waals surface area contributed by atoms with Gasteiger partial charge in [-0.2, -0.15) is 0 Å². The summed E-state index contributed by atoms with van der Waals surface area (Å²) in [6, 6.07) is 6.94. The lowest BCUT2D eigenvalue weighted by atomic mass is 9.94. The van der Waals surface area contributed by atoms with E-state index in [4.69, 9.17) is 0 Å². The van der Waals surface area contributed by atoms with Gasteiger partial charge >= 0.3 is 0 Å². The molecule has 140 valence electrons. The molecular formula is C22H17F2N3O. The van der Waals surface area contributed by atoms with Crippen LogP contribution >= 0.6 is 0 Å². The summed E-state index contributed by atoms with van der Waals surface area (Å²) in [5.41, 5.74) is 1.72. The fourth-order valence-corrected chi connectivity index (χ4v) is 3.82. The molecule has 1 amide bonds. The van der Waals surface area contributed by atoms with Gasteiger partial charge in [0.25, 0.3) is 5.91 Å². The van der Waals surface area contributed by atoms with E-state index in [0.29, 0.717) is 23.0 Å². The Morgan fingerprint density at radius 1 is 1.25 bits per heavy atom. The first-order valence-electron chi connectivity index (χ1n) is 9.01. The number of benzene rings is 2. The van der Waals surface area contributed by atoms with E-state index in [1.54, 1.807) is 30.2 Å². The van der Waals surface area contributed by atoms with Crippen molar-refractivity contribution in [2.75, 3.05) is 6.54 Å². The third kappa shape index (κ3) is 3.09. The van der Waals surface area contributed by atoms with Crippen molar-refractivity contribution in [3.05, 3.63) is 60.1 Å². The summed E-state index contributed by atoms with van der Waals surface area (Å²) in [5, 5.41) is 0.665. The molecule has 0 aliphatic carbocycles. The van der Waals surface area contributed by atoms with Crippen LogP contribution in [0.4, 0.5) is 8.78 Å². The summed E-state index contributed by atoms with van der Waals surface area (Å²) in [5.74, 6) is 3.69. The van der Waals surface area contributed by atoms with Crippen LogP contribution in [0.2, 0.25) is 0 Å². The van der Waals surface area contributed by atoms with Crippen molar-refractivity contribution < 1.29 is 13.6 Å². The van der Waals surface area contributed by atoms with Crippen molar-refractivity contribution in [1.82, 2.24) is 14.9 Å². The van der Waals surface area contributed by atoms with Crippen molar-refractivity contribution >= 4 is 16.8 Å². The summed E-state index contributed by atoms with van der Waals surface area (Å²) in [7, 11) is 0. The Balaban J connectivity index is 1.93. The Bertz CT molecular complexity index is 1110. The number of hydrogen-bond donors (Lipinski definition) is 0. The number of fused-ring (bicyclic) bond motifs is 1. The van der Waals surface area contributed by atoms with Gasteiger partial charge in [-0.3, -0.25) is 4.79 Å². The Kier molecular flexibility index (Phi) is 4.74. The standard InChI is InChI=1S/C22H17F2N3O/c1-2-5-20(28)27-9-4-8-19(27)16-11-14(10-15-12-25-13-26-22(15)16)21-17(23)6-3-7-18(21)24/h3,6-7,10-13,19H,4,8-9H2,1H3. The fourth-order valence-electron chi connectivity index (χ4n) is 3.82. The lowest BCUT2D eigenvalue weighted by Crippen LogP contribution is -2.29. The summed E-state index contributed by atoms with van der Waals surface area (Å²) < 4.78 is 28.8. The SMILES string of the molecule is CC#CC(=O)N1CCCC1c1cc(-c2c(F)cccc2F)cc2cncnc12. The molecule has 0 bridgehead atoms. The largest absolute Gasteiger partial charge is 0.325 e. The van der Waals surface area contributed by atoms with Crippen LogP contribution in [-0.2, 0) is 4.79 Å². The van der Waals surface area contributed by atoms with Gasteiger partial charge in [0.1, 0.15) is 18.0 Å². The maximum Gasteiger partial charge on any atom is 0.298 e. The van der Waals surface area contributed by atoms with Crippen LogP contribution in [-0.4, -0.2) is 27.3 Å². The first-order chi connectivity index (χ1) is 13.6. The number of hydrogen-bond acceptors (Lipinski definition) is 3. The van der Waals surface area contributed by atoms with E-state index in [1.165, 1.54) is 24.5 Å². The number of carbonyl (C=O) groups excluding carboxylic acids is 1. The molecule has 0 radical (unpaired) electrons. The molecule has 0 spiro atoms. The molecule has 0 saturated carbocycles. The van der Waals surface area contributed by atoms with Gasteiger partial charge < -0.3 is 4.90 Å². The van der Waals surface area contributed by atoms with Crippen LogP contribution in [0.1, 0.15) is 31.4 Å². The Morgan fingerprint density at radius 2 is 2.04 bits per heavy atom. The molecule has 1 atom stereocenters. The van der Waals surface area contributed by atoms with Gasteiger partial charge in [-0.1, -0.05) is 12.0 Å². The Labute approximate surface area is 161 Å². The molecular weight excluding hydrogens is 360 g/mol. The van der Waals surface area contributed by atoms with E-state index in [2.05, 4.69) is 21.8 Å². The van der Waals surface area contributed by atoms with Gasteiger partial charge in [0, 0.05) is 23.7 Å². The molecule has 1 saturated heterocycles. The van der Waals surface area contributed by atoms with Crippen molar-refractivity contribution in [1.29, 1.82) is 0 Å². The van der Waals surface area contributed by atoms with Crippen LogP contribution in [0.15, 0.2) is 42.9 Å². The number of carbonyl (C=O) groups is 1. The second-order valence-electron chi connectivity index (χ2n) is 6.65. The number of aromatic nitrogens is 2. The smallest absolute Gasteiger partial charge is 0.298 e. The van der Waals surface area contributed by atoms with Crippen molar-refractivity contribution in [2.45, 2.75) is 25.8 Å². The molecule has 0 N–H and O–H groups in total. The highest BCUT2D eigenvalue weighted by molar-refractivity contribution is 5.95. The van der Waals surface area contributed by atoms with Crippen molar-refractivity contribution in [2.24, 2.45) is 0 Å². The third-order valence-electron chi connectivity index (χ3n) is 4.99. The van der Waals surface area contributed by atoms with E-state index >= 15 is 0 Å². The number of amides is 1. The van der Waals surface area contributed by atoms with Gasteiger partial charge in [-0.05, 0) is 55.5 Å². The van der Waals surface area contributed by atoms with Gasteiger partial charge in [-0.15, -0.1) is 0 Å². The van der Waals surface area contributed by atoms with Crippen LogP contribution in [0, 0.1) is 23.5 Å². The van der Waals surface area contributed by atoms with E-state index in [1.807, 2.05) is 0 Å². The van der Waals surface area contributed by atoms with E-state index in [0.717, 1.165) is 18.4 Å². The quantitative estimate of drug-likeness (QED) is 0.627. The third-order valence-corrected chi connectivity index (χ3v) is 4.99. The first-order valence-corrected chi connectivity index (χ1v) is 9.01. The zero-order valence-electron chi connectivity index (χ0n) is 15.2. The maximum absolute atomic E-state index is 14.4. The monoisotopic (exact) mass is 377 g/mol. The first kappa shape index (κ1) is 18.1. The molecule has 6 heteroatoms. The summed E-state index contributed by atoms with van der Waals surface area (Å²) >= 11 is 0. The number of halogens is 2. The molecule has 1 unspecified atom stereocenters. The summed E-state index contributed by atoms with van der Waals surface area (Å²) in [6.45, 7) is 2.20. The molecule has 1 aliphatic heterocycles. The minimum atomic E-state index is -0.640. The van der Waals surface area contributed by atoms with Crippen molar-refractivity contribution in [3.63, 3.8) is 0 Å². The normalized spacial score (nSPS) is 16.1.